The molecular formula is C24H30NO5P. The molecule has 166 valence electrons. The number of rotatable bonds is 10. The minimum absolute atomic E-state index is 0.0244. The fourth-order valence-corrected chi connectivity index (χ4v) is 5.72. The van der Waals surface area contributed by atoms with E-state index in [1.165, 1.54) is 10.5 Å². The number of aryl methyl sites for hydroxylation is 1. The van der Waals surface area contributed by atoms with E-state index >= 15 is 0 Å². The Balaban J connectivity index is 1.51. The van der Waals surface area contributed by atoms with Gasteiger partial charge in [-0.15, -0.1) is 0 Å². The van der Waals surface area contributed by atoms with Gasteiger partial charge in [-0.3, -0.25) is 9.36 Å². The molecule has 3 rings (SSSR count). The van der Waals surface area contributed by atoms with Crippen LogP contribution in [0.3, 0.4) is 0 Å². The van der Waals surface area contributed by atoms with Crippen LogP contribution >= 0.6 is 7.37 Å². The third-order valence-corrected chi connectivity index (χ3v) is 7.59. The van der Waals surface area contributed by atoms with Crippen LogP contribution in [0, 0.1) is 5.92 Å². The van der Waals surface area contributed by atoms with Crippen molar-refractivity contribution in [2.45, 2.75) is 38.1 Å². The van der Waals surface area contributed by atoms with Gasteiger partial charge in [0.25, 0.3) is 0 Å². The molecule has 1 fully saturated rings. The van der Waals surface area contributed by atoms with Gasteiger partial charge in [0.2, 0.25) is 13.3 Å². The SMILES string of the molecule is O=C(O)[C@@H]1C[C@@H](Cc2ccccc2)CN1C(=O)CP(=O)(O)CCCCc1ccccc1. The van der Waals surface area contributed by atoms with Crippen molar-refractivity contribution in [2.75, 3.05) is 18.9 Å². The predicted molar refractivity (Wildman–Crippen MR) is 120 cm³/mol. The van der Waals surface area contributed by atoms with E-state index in [-0.39, 0.29) is 12.1 Å². The molecule has 1 amide bonds. The maximum absolute atomic E-state index is 12.8. The maximum Gasteiger partial charge on any atom is 0.326 e. The first-order valence-corrected chi connectivity index (χ1v) is 12.8. The summed E-state index contributed by atoms with van der Waals surface area (Å²) in [6.07, 6.45) is 2.78. The number of hydrogen-bond acceptors (Lipinski definition) is 3. The molecule has 0 aliphatic carbocycles. The van der Waals surface area contributed by atoms with Crippen LogP contribution in [0.2, 0.25) is 0 Å². The Hall–Kier alpha value is -2.43. The third-order valence-electron chi connectivity index (χ3n) is 5.81. The maximum atomic E-state index is 12.8. The Kier molecular flexibility index (Phi) is 8.05. The minimum atomic E-state index is -3.65. The zero-order valence-electron chi connectivity index (χ0n) is 17.6. The van der Waals surface area contributed by atoms with E-state index in [0.29, 0.717) is 25.8 Å². The first kappa shape index (κ1) is 23.2. The van der Waals surface area contributed by atoms with E-state index < -0.39 is 31.4 Å². The van der Waals surface area contributed by atoms with Crippen LogP contribution in [-0.2, 0) is 27.0 Å². The molecular weight excluding hydrogens is 413 g/mol. The number of likely N-dealkylation sites (tertiary alicyclic amines) is 1. The highest BCUT2D eigenvalue weighted by Crippen LogP contribution is 2.42. The second-order valence-corrected chi connectivity index (χ2v) is 10.8. The van der Waals surface area contributed by atoms with E-state index in [0.717, 1.165) is 18.4 Å². The molecule has 0 saturated carbocycles. The Morgan fingerprint density at radius 3 is 2.19 bits per heavy atom. The minimum Gasteiger partial charge on any atom is -0.480 e. The summed E-state index contributed by atoms with van der Waals surface area (Å²) in [6.45, 7) is 0.304. The number of aliphatic carboxylic acids is 1. The lowest BCUT2D eigenvalue weighted by Crippen LogP contribution is -2.42. The van der Waals surface area contributed by atoms with Gasteiger partial charge in [0.1, 0.15) is 12.2 Å². The second kappa shape index (κ2) is 10.7. The number of nitrogens with zero attached hydrogens (tertiary/aromatic N) is 1. The van der Waals surface area contributed by atoms with Gasteiger partial charge in [0, 0.05) is 12.7 Å². The third kappa shape index (κ3) is 7.05. The summed E-state index contributed by atoms with van der Waals surface area (Å²) in [5, 5.41) is 9.57. The summed E-state index contributed by atoms with van der Waals surface area (Å²) in [7, 11) is -3.65. The molecule has 3 atom stereocenters. The lowest BCUT2D eigenvalue weighted by Gasteiger charge is -2.23. The number of hydrogen-bond donors (Lipinski definition) is 2. The normalized spacial score (nSPS) is 20.4. The Labute approximate surface area is 183 Å². The average Bonchev–Trinajstić information content (AvgIpc) is 3.17. The standard InChI is InChI=1S/C24H30NO5P/c26-23(18-31(29,30)14-8-7-11-19-9-3-1-4-10-19)25-17-21(16-22(25)24(27)28)15-20-12-5-2-6-13-20/h1-6,9-10,12-13,21-22H,7-8,11,14-18H2,(H,27,28)(H,29,30)/t21-,22+/m1/s1. The molecule has 1 heterocycles. The van der Waals surface area contributed by atoms with E-state index in [1.54, 1.807) is 0 Å². The summed E-state index contributed by atoms with van der Waals surface area (Å²) >= 11 is 0. The first-order valence-electron chi connectivity index (χ1n) is 10.7. The van der Waals surface area contributed by atoms with Gasteiger partial charge in [-0.25, -0.2) is 4.79 Å². The summed E-state index contributed by atoms with van der Waals surface area (Å²) in [5.74, 6) is -1.56. The van der Waals surface area contributed by atoms with Crippen LogP contribution in [0.5, 0.6) is 0 Å². The van der Waals surface area contributed by atoms with Crippen molar-refractivity contribution in [3.63, 3.8) is 0 Å². The zero-order valence-corrected chi connectivity index (χ0v) is 18.5. The number of amides is 1. The van der Waals surface area contributed by atoms with Crippen molar-refractivity contribution >= 4 is 19.2 Å². The highest BCUT2D eigenvalue weighted by atomic mass is 31.2. The van der Waals surface area contributed by atoms with Gasteiger partial charge in [-0.05, 0) is 49.1 Å². The highest BCUT2D eigenvalue weighted by Gasteiger charge is 2.41. The molecule has 2 aromatic rings. The lowest BCUT2D eigenvalue weighted by atomic mass is 9.97. The van der Waals surface area contributed by atoms with Crippen LogP contribution in [0.25, 0.3) is 0 Å². The molecule has 0 spiro atoms. The fraction of sp³-hybridized carbons (Fsp3) is 0.417. The zero-order chi connectivity index (χ0) is 22.3. The van der Waals surface area contributed by atoms with Crippen molar-refractivity contribution in [3.8, 4) is 0 Å². The van der Waals surface area contributed by atoms with Crippen LogP contribution in [0.15, 0.2) is 60.7 Å². The highest BCUT2D eigenvalue weighted by molar-refractivity contribution is 7.58. The van der Waals surface area contributed by atoms with Crippen molar-refractivity contribution in [2.24, 2.45) is 5.92 Å². The molecule has 2 N–H and O–H groups in total. The van der Waals surface area contributed by atoms with Gasteiger partial charge in [-0.1, -0.05) is 60.7 Å². The monoisotopic (exact) mass is 443 g/mol. The molecule has 7 heteroatoms. The smallest absolute Gasteiger partial charge is 0.326 e. The molecule has 1 saturated heterocycles. The van der Waals surface area contributed by atoms with Gasteiger partial charge in [-0.2, -0.15) is 0 Å². The van der Waals surface area contributed by atoms with E-state index in [2.05, 4.69) is 0 Å². The number of carbonyl (C=O) groups excluding carboxylic acids is 1. The van der Waals surface area contributed by atoms with Gasteiger partial charge >= 0.3 is 5.97 Å². The van der Waals surface area contributed by atoms with E-state index in [4.69, 9.17) is 0 Å². The van der Waals surface area contributed by atoms with Gasteiger partial charge < -0.3 is 14.9 Å². The Morgan fingerprint density at radius 1 is 0.968 bits per heavy atom. The largest absolute Gasteiger partial charge is 0.480 e. The molecule has 1 unspecified atom stereocenters. The lowest BCUT2D eigenvalue weighted by molar-refractivity contribution is -0.147. The number of carboxylic acids is 1. The number of carboxylic acid groups (broad SMARTS) is 1. The van der Waals surface area contributed by atoms with Crippen LogP contribution in [0.4, 0.5) is 0 Å². The van der Waals surface area contributed by atoms with Crippen molar-refractivity contribution < 1.29 is 24.2 Å². The average molecular weight is 443 g/mol. The first-order chi connectivity index (χ1) is 14.8. The summed E-state index contributed by atoms with van der Waals surface area (Å²) in [4.78, 5) is 36.1. The number of benzene rings is 2. The van der Waals surface area contributed by atoms with Gasteiger partial charge in [0.05, 0.1) is 0 Å². The Bertz CT molecular complexity index is 918. The van der Waals surface area contributed by atoms with Crippen molar-refractivity contribution in [3.05, 3.63) is 71.8 Å². The summed E-state index contributed by atoms with van der Waals surface area (Å²) in [6, 6.07) is 18.7. The second-order valence-electron chi connectivity index (χ2n) is 8.36. The van der Waals surface area contributed by atoms with Crippen LogP contribution in [0.1, 0.15) is 30.4 Å². The fourth-order valence-electron chi connectivity index (χ4n) is 4.24. The number of unbranched alkanes of at least 4 members (excludes halogenated alkanes) is 1. The van der Waals surface area contributed by atoms with Crippen molar-refractivity contribution in [1.82, 2.24) is 4.90 Å². The Morgan fingerprint density at radius 2 is 1.58 bits per heavy atom. The van der Waals surface area contributed by atoms with Crippen LogP contribution < -0.4 is 0 Å². The number of carbonyl (C=O) groups is 2. The quantitative estimate of drug-likeness (QED) is 0.430. The summed E-state index contributed by atoms with van der Waals surface area (Å²) < 4.78 is 12.6. The molecule has 0 aromatic heterocycles. The molecule has 31 heavy (non-hydrogen) atoms. The predicted octanol–water partition coefficient (Wildman–Crippen LogP) is 3.82. The molecule has 0 bridgehead atoms. The molecule has 6 nitrogen and oxygen atoms in total. The molecule has 2 aromatic carbocycles. The molecule has 0 radical (unpaired) electrons. The van der Waals surface area contributed by atoms with E-state index in [9.17, 15) is 24.2 Å². The summed E-state index contributed by atoms with van der Waals surface area (Å²) in [5.41, 5.74) is 2.27. The van der Waals surface area contributed by atoms with Crippen molar-refractivity contribution in [1.29, 1.82) is 0 Å². The van der Waals surface area contributed by atoms with E-state index in [1.807, 2.05) is 60.7 Å². The van der Waals surface area contributed by atoms with Crippen LogP contribution in [-0.4, -0.2) is 51.7 Å². The molecule has 1 aliphatic rings. The molecule has 1 aliphatic heterocycles. The van der Waals surface area contributed by atoms with Gasteiger partial charge in [0.15, 0.2) is 0 Å². The topological polar surface area (TPSA) is 94.9 Å².